The summed E-state index contributed by atoms with van der Waals surface area (Å²) < 4.78 is 0. The minimum atomic E-state index is 0.989. The van der Waals surface area contributed by atoms with Gasteiger partial charge in [-0.25, -0.2) is 9.97 Å². The van der Waals surface area contributed by atoms with Crippen molar-refractivity contribution in [3.8, 4) is 0 Å². The van der Waals surface area contributed by atoms with Gasteiger partial charge in [0.1, 0.15) is 0 Å². The van der Waals surface area contributed by atoms with Crippen molar-refractivity contribution in [2.24, 2.45) is 0 Å². The summed E-state index contributed by atoms with van der Waals surface area (Å²) in [4.78, 5) is 16.8. The van der Waals surface area contributed by atoms with Crippen LogP contribution in [0.25, 0.3) is 46.6 Å². The minimum absolute atomic E-state index is 0.989. The second-order valence-electron chi connectivity index (χ2n) is 7.96. The lowest BCUT2D eigenvalue weighted by atomic mass is 10.1. The molecule has 4 heteroatoms. The van der Waals surface area contributed by atoms with Crippen LogP contribution in [0, 0.1) is 0 Å². The van der Waals surface area contributed by atoms with E-state index in [4.69, 9.17) is 9.97 Å². The molecule has 0 saturated carbocycles. The van der Waals surface area contributed by atoms with Gasteiger partial charge in [-0.05, 0) is 98.6 Å². The Kier molecular flexibility index (Phi) is 4.28. The molecule has 0 aromatic carbocycles. The highest BCUT2D eigenvalue weighted by Crippen LogP contribution is 2.29. The van der Waals surface area contributed by atoms with E-state index in [0.29, 0.717) is 0 Å². The molecule has 4 nitrogen and oxygen atoms in total. The van der Waals surface area contributed by atoms with Crippen molar-refractivity contribution in [1.82, 2.24) is 19.9 Å². The normalized spacial score (nSPS) is 15.3. The summed E-state index contributed by atoms with van der Waals surface area (Å²) in [6.45, 7) is 8.52. The lowest BCUT2D eigenvalue weighted by Gasteiger charge is -2.00. The van der Waals surface area contributed by atoms with Crippen molar-refractivity contribution >= 4 is 46.6 Å². The number of nitrogens with one attached hydrogen (secondary N) is 2. The van der Waals surface area contributed by atoms with Crippen LogP contribution < -0.4 is 10.7 Å². The van der Waals surface area contributed by atoms with E-state index in [-0.39, 0.29) is 0 Å². The molecule has 1 aromatic heterocycles. The average molecular weight is 393 g/mol. The maximum absolute atomic E-state index is 4.90. The van der Waals surface area contributed by atoms with Crippen LogP contribution in [-0.4, -0.2) is 19.9 Å². The predicted molar refractivity (Wildman–Crippen MR) is 126 cm³/mol. The van der Waals surface area contributed by atoms with Gasteiger partial charge in [-0.2, -0.15) is 0 Å². The molecule has 30 heavy (non-hydrogen) atoms. The molecule has 1 aromatic rings. The molecule has 2 N–H and O–H groups in total. The lowest BCUT2D eigenvalue weighted by Crippen LogP contribution is -2.08. The van der Waals surface area contributed by atoms with Gasteiger partial charge >= 0.3 is 0 Å². The minimum Gasteiger partial charge on any atom is -0.355 e. The number of aromatic nitrogens is 4. The van der Waals surface area contributed by atoms with Crippen LogP contribution in [0.5, 0.6) is 0 Å². The van der Waals surface area contributed by atoms with E-state index in [0.717, 1.165) is 44.9 Å². The number of hydrogen-bond acceptors (Lipinski definition) is 2. The first kappa shape index (κ1) is 18.4. The van der Waals surface area contributed by atoms with E-state index >= 15 is 0 Å². The highest BCUT2D eigenvalue weighted by Gasteiger charge is 2.14. The first-order valence-corrected chi connectivity index (χ1v) is 10.2. The van der Waals surface area contributed by atoms with Crippen LogP contribution in [0.2, 0.25) is 0 Å². The Balaban J connectivity index is 1.92. The molecule has 0 atom stereocenters. The zero-order valence-electron chi connectivity index (χ0n) is 17.7. The maximum atomic E-state index is 4.90. The fourth-order valence-corrected chi connectivity index (χ4v) is 3.86. The van der Waals surface area contributed by atoms with Crippen LogP contribution in [-0.2, 0) is 0 Å². The van der Waals surface area contributed by atoms with E-state index in [1.54, 1.807) is 0 Å². The fraction of sp³-hybridized carbons (Fsp3) is 0.154. The van der Waals surface area contributed by atoms with Gasteiger partial charge in [0.05, 0.1) is 22.8 Å². The van der Waals surface area contributed by atoms with Gasteiger partial charge in [0.2, 0.25) is 0 Å². The zero-order chi connectivity index (χ0) is 20.8. The summed E-state index contributed by atoms with van der Waals surface area (Å²) >= 11 is 0. The second-order valence-corrected chi connectivity index (χ2v) is 7.96. The van der Waals surface area contributed by atoms with Crippen molar-refractivity contribution in [3.05, 3.63) is 81.3 Å². The molecule has 0 fully saturated rings. The molecule has 0 saturated heterocycles. The van der Waals surface area contributed by atoms with Crippen LogP contribution in [0.1, 0.15) is 61.9 Å². The molecule has 4 aliphatic heterocycles. The molecule has 4 aliphatic rings. The highest BCUT2D eigenvalue weighted by molar-refractivity contribution is 5.91. The van der Waals surface area contributed by atoms with Crippen LogP contribution in [0.4, 0.5) is 0 Å². The predicted octanol–water partition coefficient (Wildman–Crippen LogP) is 4.65. The number of nitrogens with zero attached hydrogens (tertiary/aromatic N) is 2. The van der Waals surface area contributed by atoms with Crippen LogP contribution in [0.15, 0.2) is 36.4 Å². The third-order valence-electron chi connectivity index (χ3n) is 5.99. The van der Waals surface area contributed by atoms with Crippen molar-refractivity contribution in [1.29, 1.82) is 0 Å². The molecule has 0 unspecified atom stereocenters. The molecule has 0 radical (unpaired) electrons. The molecule has 0 aliphatic carbocycles. The summed E-state index contributed by atoms with van der Waals surface area (Å²) in [7, 11) is 0. The highest BCUT2D eigenvalue weighted by atomic mass is 14.8. The van der Waals surface area contributed by atoms with Crippen LogP contribution >= 0.6 is 0 Å². The Morgan fingerprint density at radius 2 is 0.900 bits per heavy atom. The molecule has 5 rings (SSSR count). The third-order valence-corrected chi connectivity index (χ3v) is 5.99. The summed E-state index contributed by atoms with van der Waals surface area (Å²) in [5.41, 5.74) is 10.8. The average Bonchev–Trinajstić information content (AvgIpc) is 3.13. The Morgan fingerprint density at radius 3 is 1.30 bits per heavy atom. The first-order valence-electron chi connectivity index (χ1n) is 10.2. The van der Waals surface area contributed by atoms with Crippen molar-refractivity contribution in [3.63, 3.8) is 0 Å². The van der Waals surface area contributed by atoms with Gasteiger partial charge < -0.3 is 9.97 Å². The maximum Gasteiger partial charge on any atom is 0.0690 e. The van der Waals surface area contributed by atoms with Crippen molar-refractivity contribution in [2.45, 2.75) is 27.7 Å². The number of aromatic amines is 2. The topological polar surface area (TPSA) is 57.4 Å². The van der Waals surface area contributed by atoms with Gasteiger partial charge in [-0.3, -0.25) is 0 Å². The lowest BCUT2D eigenvalue weighted by molar-refractivity contribution is 1.18. The second kappa shape index (κ2) is 6.99. The van der Waals surface area contributed by atoms with E-state index in [9.17, 15) is 0 Å². The fourth-order valence-electron chi connectivity index (χ4n) is 3.86. The largest absolute Gasteiger partial charge is 0.355 e. The quantitative estimate of drug-likeness (QED) is 0.675. The molecule has 0 spiro atoms. The van der Waals surface area contributed by atoms with Gasteiger partial charge in [-0.15, -0.1) is 0 Å². The Hall–Kier alpha value is -3.66. The monoisotopic (exact) mass is 392 g/mol. The van der Waals surface area contributed by atoms with Crippen molar-refractivity contribution < 1.29 is 0 Å². The summed E-state index contributed by atoms with van der Waals surface area (Å²) in [5, 5.41) is 2.04. The number of fused-ring (bicyclic) bond motifs is 8. The van der Waals surface area contributed by atoms with Gasteiger partial charge in [0.25, 0.3) is 0 Å². The van der Waals surface area contributed by atoms with E-state index < -0.39 is 0 Å². The van der Waals surface area contributed by atoms with E-state index in [2.05, 4.69) is 98.4 Å². The van der Waals surface area contributed by atoms with Crippen LogP contribution in [0.3, 0.4) is 0 Å². The Labute approximate surface area is 175 Å². The zero-order valence-corrected chi connectivity index (χ0v) is 17.7. The smallest absolute Gasteiger partial charge is 0.0690 e. The number of rotatable bonds is 0. The number of H-pyrrole nitrogens is 2. The first-order chi connectivity index (χ1) is 14.5. The Morgan fingerprint density at radius 1 is 0.533 bits per heavy atom. The number of hydrogen-bond donors (Lipinski definition) is 2. The molecular weight excluding hydrogens is 368 g/mol. The van der Waals surface area contributed by atoms with Crippen molar-refractivity contribution in [2.75, 3.05) is 0 Å². The SMILES string of the molecule is CC1=C(C)c2cc3[nH]c(cc4nc(cc5[nH]c(cc1n2)C=CC=5)C(C)=C4C)C=CC=3. The Bertz CT molecular complexity index is 1310. The summed E-state index contributed by atoms with van der Waals surface area (Å²) in [6, 6.07) is 8.44. The van der Waals surface area contributed by atoms with Gasteiger partial charge in [0, 0.05) is 22.1 Å². The standard InChI is InChI=1S/C26H24N4/c1-15-16(2)24-12-20-8-6-10-22(28-20)14-26-18(4)17(3)25(30-26)13-21-9-5-7-19(27-21)11-23(15)29-24/h5-14,27-28H,1-4H3. The molecular formula is C26H24N4. The van der Waals surface area contributed by atoms with Gasteiger partial charge in [0.15, 0.2) is 0 Å². The van der Waals surface area contributed by atoms with E-state index in [1.165, 1.54) is 22.3 Å². The molecule has 0 amide bonds. The summed E-state index contributed by atoms with van der Waals surface area (Å²) in [6.07, 6.45) is 12.4. The summed E-state index contributed by atoms with van der Waals surface area (Å²) in [5.74, 6) is 0. The molecule has 8 bridgehead atoms. The molecule has 5 heterocycles. The van der Waals surface area contributed by atoms with E-state index in [1.807, 2.05) is 0 Å². The molecule has 148 valence electrons. The third kappa shape index (κ3) is 3.20. The number of allylic oxidation sites excluding steroid dienone is 6. The van der Waals surface area contributed by atoms with Gasteiger partial charge in [-0.1, -0.05) is 12.2 Å².